The lowest BCUT2D eigenvalue weighted by Gasteiger charge is -2.42. The molecule has 3 heteroatoms. The minimum atomic E-state index is 0.103. The standard InChI is InChI=1S/C60H48BN2/c1-59(2)30-31-60(3,4)51-37-45(26-27-50(51)59)62-53-28-24-41-22-14-15-23-46(41)56(53)49-34-44(40-20-12-7-13-21-40)36-55-57(49)61-52-35-43(39-18-10-6-11-19-39)33-48-47-32-42(38-16-8-5-9-17-38)25-29-54(47)63(55)58(48)52/h5-29,32-37,62H,30-31H2,1-4H3. The van der Waals surface area contributed by atoms with Crippen LogP contribution in [0.2, 0.25) is 0 Å². The molecule has 0 bridgehead atoms. The third-order valence-corrected chi connectivity index (χ3v) is 14.2. The number of anilines is 2. The van der Waals surface area contributed by atoms with Crippen molar-refractivity contribution in [3.8, 4) is 50.2 Å². The molecule has 1 radical (unpaired) electrons. The van der Waals surface area contributed by atoms with Crippen molar-refractivity contribution in [2.75, 3.05) is 5.32 Å². The van der Waals surface area contributed by atoms with Crippen LogP contribution in [0, 0.1) is 0 Å². The second-order valence-electron chi connectivity index (χ2n) is 19.1. The smallest absolute Gasteiger partial charge is 0.197 e. The van der Waals surface area contributed by atoms with Gasteiger partial charge in [-0.1, -0.05) is 173 Å². The highest BCUT2D eigenvalue weighted by Crippen LogP contribution is 2.48. The van der Waals surface area contributed by atoms with Crippen molar-refractivity contribution < 1.29 is 0 Å². The number of nitrogens with one attached hydrogen (secondary N) is 1. The first-order chi connectivity index (χ1) is 30.7. The van der Waals surface area contributed by atoms with Crippen molar-refractivity contribution in [3.05, 3.63) is 199 Å². The summed E-state index contributed by atoms with van der Waals surface area (Å²) in [6.45, 7) is 9.63. The Morgan fingerprint density at radius 3 is 1.81 bits per heavy atom. The van der Waals surface area contributed by atoms with Crippen molar-refractivity contribution in [3.63, 3.8) is 0 Å². The summed E-state index contributed by atoms with van der Waals surface area (Å²) in [6, 6.07) is 69.8. The number of rotatable bonds is 6. The Labute approximate surface area is 371 Å². The van der Waals surface area contributed by atoms with Crippen LogP contribution in [0.4, 0.5) is 11.4 Å². The lowest BCUT2D eigenvalue weighted by Crippen LogP contribution is -2.37. The van der Waals surface area contributed by atoms with E-state index in [1.54, 1.807) is 0 Å². The maximum absolute atomic E-state index is 4.04. The topological polar surface area (TPSA) is 17.0 Å². The van der Waals surface area contributed by atoms with Gasteiger partial charge in [-0.2, -0.15) is 0 Å². The van der Waals surface area contributed by atoms with Crippen molar-refractivity contribution in [1.29, 1.82) is 0 Å². The fourth-order valence-corrected chi connectivity index (χ4v) is 10.8. The third-order valence-electron chi connectivity index (χ3n) is 14.2. The Bertz CT molecular complexity index is 3430. The van der Waals surface area contributed by atoms with E-state index in [2.05, 4.69) is 233 Å². The average molecular weight is 808 g/mol. The van der Waals surface area contributed by atoms with Crippen LogP contribution >= 0.6 is 0 Å². The lowest BCUT2D eigenvalue weighted by atomic mass is 9.58. The molecule has 0 atom stereocenters. The Balaban J connectivity index is 1.14. The molecule has 63 heavy (non-hydrogen) atoms. The maximum atomic E-state index is 4.04. The summed E-state index contributed by atoms with van der Waals surface area (Å²) < 4.78 is 2.56. The normalized spacial score (nSPS) is 14.6. The number of benzene rings is 9. The summed E-state index contributed by atoms with van der Waals surface area (Å²) in [7, 11) is 2.47. The van der Waals surface area contributed by atoms with Crippen LogP contribution in [0.25, 0.3) is 82.8 Å². The van der Waals surface area contributed by atoms with E-state index < -0.39 is 0 Å². The highest BCUT2D eigenvalue weighted by molar-refractivity contribution is 6.73. The molecule has 2 nitrogen and oxygen atoms in total. The van der Waals surface area contributed by atoms with Crippen LogP contribution < -0.4 is 16.2 Å². The van der Waals surface area contributed by atoms with E-state index in [0.717, 1.165) is 11.4 Å². The molecule has 0 saturated carbocycles. The molecule has 0 amide bonds. The number of hydrogen-bond acceptors (Lipinski definition) is 1. The molecular weight excluding hydrogens is 759 g/mol. The highest BCUT2D eigenvalue weighted by Gasteiger charge is 2.37. The van der Waals surface area contributed by atoms with Gasteiger partial charge in [-0.3, -0.25) is 0 Å². The molecule has 1 aliphatic carbocycles. The summed E-state index contributed by atoms with van der Waals surface area (Å²) in [5, 5.41) is 9.00. The highest BCUT2D eigenvalue weighted by atomic mass is 15.0. The molecule has 2 aliphatic rings. The van der Waals surface area contributed by atoms with Gasteiger partial charge < -0.3 is 9.88 Å². The van der Waals surface area contributed by atoms with Gasteiger partial charge in [0.25, 0.3) is 0 Å². The van der Waals surface area contributed by atoms with Crippen LogP contribution in [0.1, 0.15) is 51.7 Å². The zero-order chi connectivity index (χ0) is 42.5. The van der Waals surface area contributed by atoms with E-state index >= 15 is 0 Å². The average Bonchev–Trinajstić information content (AvgIpc) is 3.65. The molecule has 10 aromatic rings. The van der Waals surface area contributed by atoms with E-state index in [1.165, 1.54) is 118 Å². The van der Waals surface area contributed by atoms with Crippen LogP contribution in [0.3, 0.4) is 0 Å². The lowest BCUT2D eigenvalue weighted by molar-refractivity contribution is 0.332. The fourth-order valence-electron chi connectivity index (χ4n) is 10.8. The molecule has 0 fully saturated rings. The monoisotopic (exact) mass is 807 g/mol. The number of aromatic nitrogens is 1. The second kappa shape index (κ2) is 14.2. The fraction of sp³-hybridized carbons (Fsp3) is 0.133. The van der Waals surface area contributed by atoms with Crippen LogP contribution in [-0.4, -0.2) is 11.8 Å². The van der Waals surface area contributed by atoms with Gasteiger partial charge in [-0.15, -0.1) is 0 Å². The minimum Gasteiger partial charge on any atom is -0.355 e. The number of nitrogens with zero attached hydrogens (tertiary/aromatic N) is 1. The van der Waals surface area contributed by atoms with Gasteiger partial charge in [0.15, 0.2) is 7.28 Å². The van der Waals surface area contributed by atoms with E-state index in [-0.39, 0.29) is 10.8 Å². The number of hydrogen-bond donors (Lipinski definition) is 1. The van der Waals surface area contributed by atoms with E-state index in [0.29, 0.717) is 0 Å². The van der Waals surface area contributed by atoms with E-state index in [9.17, 15) is 0 Å². The van der Waals surface area contributed by atoms with E-state index in [1.807, 2.05) is 0 Å². The zero-order valence-corrected chi connectivity index (χ0v) is 36.3. The van der Waals surface area contributed by atoms with Gasteiger partial charge in [0, 0.05) is 38.9 Å². The van der Waals surface area contributed by atoms with Crippen molar-refractivity contribution in [1.82, 2.24) is 4.57 Å². The first-order valence-electron chi connectivity index (χ1n) is 22.5. The van der Waals surface area contributed by atoms with Gasteiger partial charge in [0.1, 0.15) is 0 Å². The predicted octanol–water partition coefficient (Wildman–Crippen LogP) is 14.7. The van der Waals surface area contributed by atoms with Gasteiger partial charge in [0.2, 0.25) is 0 Å². The van der Waals surface area contributed by atoms with Gasteiger partial charge in [-0.05, 0) is 139 Å². The van der Waals surface area contributed by atoms with E-state index in [4.69, 9.17) is 0 Å². The van der Waals surface area contributed by atoms with Gasteiger partial charge >= 0.3 is 0 Å². The Morgan fingerprint density at radius 1 is 0.476 bits per heavy atom. The molecule has 9 aromatic carbocycles. The molecule has 0 unspecified atom stereocenters. The summed E-state index contributed by atoms with van der Waals surface area (Å²) in [5.41, 5.74) is 21.1. The molecule has 2 heterocycles. The largest absolute Gasteiger partial charge is 0.355 e. The number of fused-ring (bicyclic) bond motifs is 7. The summed E-state index contributed by atoms with van der Waals surface area (Å²) in [5.74, 6) is 0. The van der Waals surface area contributed by atoms with Crippen LogP contribution in [0.15, 0.2) is 188 Å². The van der Waals surface area contributed by atoms with Crippen molar-refractivity contribution in [2.45, 2.75) is 51.4 Å². The molecule has 301 valence electrons. The van der Waals surface area contributed by atoms with Crippen LogP contribution in [0.5, 0.6) is 0 Å². The minimum absolute atomic E-state index is 0.103. The molecule has 1 N–H and O–H groups in total. The Hall–Kier alpha value is -7.10. The third kappa shape index (κ3) is 6.16. The molecule has 0 saturated heterocycles. The Morgan fingerprint density at radius 2 is 1.10 bits per heavy atom. The first-order valence-corrected chi connectivity index (χ1v) is 22.5. The molecule has 0 spiro atoms. The maximum Gasteiger partial charge on any atom is 0.197 e. The van der Waals surface area contributed by atoms with Crippen LogP contribution in [-0.2, 0) is 10.8 Å². The Kier molecular flexibility index (Phi) is 8.50. The predicted molar refractivity (Wildman–Crippen MR) is 270 cm³/mol. The summed E-state index contributed by atoms with van der Waals surface area (Å²) >= 11 is 0. The van der Waals surface area contributed by atoms with Gasteiger partial charge in [0.05, 0.1) is 5.52 Å². The second-order valence-corrected chi connectivity index (χ2v) is 19.1. The molecule has 12 rings (SSSR count). The SMILES string of the molecule is CC1(C)CCC(C)(C)c2cc(Nc3ccc4ccccc4c3-c3cc(-c4ccccc4)cc4c3[B]c3cc(-c5ccccc5)cc5c6cc(-c7ccccc7)ccc6n-4c35)ccc21. The van der Waals surface area contributed by atoms with Crippen molar-refractivity contribution in [2.24, 2.45) is 0 Å². The summed E-state index contributed by atoms with van der Waals surface area (Å²) in [4.78, 5) is 0. The zero-order valence-electron chi connectivity index (χ0n) is 36.3. The molecule has 1 aromatic heterocycles. The molecule has 1 aliphatic heterocycles. The van der Waals surface area contributed by atoms with Gasteiger partial charge in [-0.25, -0.2) is 0 Å². The summed E-state index contributed by atoms with van der Waals surface area (Å²) in [6.07, 6.45) is 2.37. The quantitative estimate of drug-likeness (QED) is 0.166. The first kappa shape index (κ1) is 37.6. The molecular formula is C60H48BN2. The van der Waals surface area contributed by atoms with Crippen molar-refractivity contribution >= 4 is 62.2 Å².